The van der Waals surface area contributed by atoms with E-state index in [1.54, 1.807) is 6.07 Å². The van der Waals surface area contributed by atoms with Crippen LogP contribution in [0.4, 0.5) is 0 Å². The van der Waals surface area contributed by atoms with Gasteiger partial charge in [0.1, 0.15) is 29.7 Å². The molecule has 2 unspecified atom stereocenters. The van der Waals surface area contributed by atoms with Crippen LogP contribution in [0.15, 0.2) is 66.7 Å². The Morgan fingerprint density at radius 2 is 1.49 bits per heavy atom. The fourth-order valence-corrected chi connectivity index (χ4v) is 5.39. The van der Waals surface area contributed by atoms with Crippen LogP contribution in [0.25, 0.3) is 11.5 Å². The molecule has 1 aliphatic heterocycles. The lowest BCUT2D eigenvalue weighted by Crippen LogP contribution is -2.38. The first-order valence-electron chi connectivity index (χ1n) is 15.9. The van der Waals surface area contributed by atoms with Crippen LogP contribution in [-0.2, 0) is 34.0 Å². The van der Waals surface area contributed by atoms with E-state index < -0.39 is 8.07 Å². The fourth-order valence-electron chi connectivity index (χ4n) is 4.82. The molecule has 0 spiro atoms. The lowest BCUT2D eigenvalue weighted by molar-refractivity contribution is -0.170. The van der Waals surface area contributed by atoms with E-state index in [-0.39, 0.29) is 18.6 Å². The van der Waals surface area contributed by atoms with Crippen molar-refractivity contribution < 1.29 is 23.7 Å². The molecule has 1 fully saturated rings. The highest BCUT2D eigenvalue weighted by Crippen LogP contribution is 2.32. The molecular formula is C35H46N4O5Si. The third kappa shape index (κ3) is 9.23. The van der Waals surface area contributed by atoms with Gasteiger partial charge in [0.2, 0.25) is 11.8 Å². The summed E-state index contributed by atoms with van der Waals surface area (Å²) in [6.07, 6.45) is 3.48. The molecule has 3 heterocycles. The van der Waals surface area contributed by atoms with E-state index in [0.29, 0.717) is 54.0 Å². The summed E-state index contributed by atoms with van der Waals surface area (Å²) in [7, 11) is -1.54. The van der Waals surface area contributed by atoms with Crippen molar-refractivity contribution in [2.45, 2.75) is 91.5 Å². The van der Waals surface area contributed by atoms with E-state index in [1.807, 2.05) is 60.7 Å². The second-order valence-corrected chi connectivity index (χ2v) is 18.5. The van der Waals surface area contributed by atoms with Crippen LogP contribution in [0.1, 0.15) is 51.6 Å². The molecule has 0 radical (unpaired) electrons. The van der Waals surface area contributed by atoms with Crippen LogP contribution in [0.5, 0.6) is 23.3 Å². The van der Waals surface area contributed by atoms with Gasteiger partial charge >= 0.3 is 0 Å². The van der Waals surface area contributed by atoms with Gasteiger partial charge in [0.25, 0.3) is 0 Å². The van der Waals surface area contributed by atoms with Gasteiger partial charge in [-0.2, -0.15) is 9.97 Å². The molecule has 2 aromatic carbocycles. The highest BCUT2D eigenvalue weighted by molar-refractivity contribution is 6.77. The zero-order valence-corrected chi connectivity index (χ0v) is 28.4. The smallest absolute Gasteiger partial charge is 0.226 e. The number of ether oxygens (including phenoxy) is 5. The number of nitrogens with zero attached hydrogens (tertiary/aromatic N) is 4. The standard InChI is InChI=1S/C35H46N4O5Si/c1-25(2)21-30-36-34(29(23-41-33-19-13-14-20-40-33)39(30)24-42-26(3)45(4,5)6)35-37-31(43-27-15-9-7-10-16-27)22-32(38-35)44-28-17-11-8-12-18-28/h7-12,15-18,22,25-26,33H,13-14,19-21,23-24H2,1-6H3. The normalized spacial score (nSPS) is 16.1. The van der Waals surface area contributed by atoms with Gasteiger partial charge in [-0.15, -0.1) is 0 Å². The molecule has 10 heteroatoms. The summed E-state index contributed by atoms with van der Waals surface area (Å²) in [6.45, 7) is 14.8. The minimum absolute atomic E-state index is 0.149. The first-order chi connectivity index (χ1) is 21.7. The number of aromatic nitrogens is 4. The Morgan fingerprint density at radius 3 is 2.02 bits per heavy atom. The second-order valence-electron chi connectivity index (χ2n) is 13.0. The van der Waals surface area contributed by atoms with Crippen LogP contribution in [0.3, 0.4) is 0 Å². The molecule has 1 saturated heterocycles. The average Bonchev–Trinajstić information content (AvgIpc) is 3.35. The van der Waals surface area contributed by atoms with Crippen molar-refractivity contribution in [1.82, 2.24) is 19.5 Å². The highest BCUT2D eigenvalue weighted by Gasteiger charge is 2.27. The predicted molar refractivity (Wildman–Crippen MR) is 177 cm³/mol. The summed E-state index contributed by atoms with van der Waals surface area (Å²) in [5, 5.41) is 0. The molecule has 0 amide bonds. The summed E-state index contributed by atoms with van der Waals surface area (Å²) >= 11 is 0. The lowest BCUT2D eigenvalue weighted by Gasteiger charge is -2.27. The Labute approximate surface area is 267 Å². The molecule has 0 saturated carbocycles. The Morgan fingerprint density at radius 1 is 0.867 bits per heavy atom. The minimum Gasteiger partial charge on any atom is -0.439 e. The third-order valence-electron chi connectivity index (χ3n) is 7.78. The van der Waals surface area contributed by atoms with E-state index >= 15 is 0 Å². The van der Waals surface area contributed by atoms with Crippen LogP contribution >= 0.6 is 0 Å². The van der Waals surface area contributed by atoms with Gasteiger partial charge in [-0.25, -0.2) is 4.98 Å². The molecular weight excluding hydrogens is 584 g/mol. The van der Waals surface area contributed by atoms with Gasteiger partial charge in [0.05, 0.1) is 26.4 Å². The van der Waals surface area contributed by atoms with Gasteiger partial charge in [0, 0.05) is 18.8 Å². The topological polar surface area (TPSA) is 89.8 Å². The van der Waals surface area contributed by atoms with Crippen molar-refractivity contribution in [1.29, 1.82) is 0 Å². The Kier molecular flexibility index (Phi) is 11.0. The molecule has 2 atom stereocenters. The maximum atomic E-state index is 6.51. The minimum atomic E-state index is -1.54. The summed E-state index contributed by atoms with van der Waals surface area (Å²) in [6, 6.07) is 20.8. The predicted octanol–water partition coefficient (Wildman–Crippen LogP) is 8.41. The number of hydrogen-bond acceptors (Lipinski definition) is 8. The summed E-state index contributed by atoms with van der Waals surface area (Å²) in [5.41, 5.74) is 1.60. The summed E-state index contributed by atoms with van der Waals surface area (Å²) in [5.74, 6) is 3.67. The van der Waals surface area contributed by atoms with E-state index in [2.05, 4.69) is 45.0 Å². The van der Waals surface area contributed by atoms with Gasteiger partial charge in [-0.05, 0) is 56.4 Å². The number of hydrogen-bond donors (Lipinski definition) is 0. The zero-order valence-electron chi connectivity index (χ0n) is 27.4. The van der Waals surface area contributed by atoms with Crippen molar-refractivity contribution in [3.8, 4) is 34.8 Å². The fraction of sp³-hybridized carbons (Fsp3) is 0.457. The molecule has 0 aliphatic carbocycles. The third-order valence-corrected chi connectivity index (χ3v) is 10.4. The summed E-state index contributed by atoms with van der Waals surface area (Å²) < 4.78 is 33.3. The Balaban J connectivity index is 1.59. The number of para-hydroxylation sites is 2. The molecule has 0 bridgehead atoms. The van der Waals surface area contributed by atoms with Crippen molar-refractivity contribution in [2.75, 3.05) is 6.61 Å². The SMILES string of the molecule is CC(C)Cc1nc(-c2nc(Oc3ccccc3)cc(Oc3ccccc3)n2)c(COC2CCCCO2)n1COC(C)[Si](C)(C)C. The van der Waals surface area contributed by atoms with Crippen molar-refractivity contribution in [2.24, 2.45) is 5.92 Å². The largest absolute Gasteiger partial charge is 0.439 e. The highest BCUT2D eigenvalue weighted by atomic mass is 28.3. The molecule has 5 rings (SSSR count). The first-order valence-corrected chi connectivity index (χ1v) is 19.5. The number of imidazole rings is 1. The molecule has 1 aliphatic rings. The van der Waals surface area contributed by atoms with E-state index in [0.717, 1.165) is 37.2 Å². The van der Waals surface area contributed by atoms with Crippen LogP contribution in [0.2, 0.25) is 19.6 Å². The van der Waals surface area contributed by atoms with E-state index in [1.165, 1.54) is 0 Å². The quantitative estimate of drug-likeness (QED) is 0.128. The molecule has 240 valence electrons. The van der Waals surface area contributed by atoms with Crippen LogP contribution in [-0.4, -0.2) is 46.2 Å². The second kappa shape index (κ2) is 15.1. The van der Waals surface area contributed by atoms with Crippen LogP contribution < -0.4 is 9.47 Å². The number of benzene rings is 2. The molecule has 9 nitrogen and oxygen atoms in total. The first kappa shape index (κ1) is 32.8. The maximum absolute atomic E-state index is 6.51. The monoisotopic (exact) mass is 630 g/mol. The summed E-state index contributed by atoms with van der Waals surface area (Å²) in [4.78, 5) is 14.9. The molecule has 4 aromatic rings. The lowest BCUT2D eigenvalue weighted by atomic mass is 10.1. The Hall–Kier alpha value is -3.57. The van der Waals surface area contributed by atoms with Gasteiger partial charge in [-0.1, -0.05) is 69.9 Å². The number of rotatable bonds is 14. The average molecular weight is 631 g/mol. The van der Waals surface area contributed by atoms with Crippen molar-refractivity contribution >= 4 is 8.07 Å². The zero-order chi connectivity index (χ0) is 31.8. The van der Waals surface area contributed by atoms with Gasteiger partial charge in [0.15, 0.2) is 12.1 Å². The molecule has 2 aromatic heterocycles. The Bertz CT molecular complexity index is 1440. The molecule has 0 N–H and O–H groups in total. The van der Waals surface area contributed by atoms with Gasteiger partial charge in [-0.3, -0.25) is 0 Å². The van der Waals surface area contributed by atoms with Crippen LogP contribution in [0, 0.1) is 5.92 Å². The van der Waals surface area contributed by atoms with Gasteiger partial charge < -0.3 is 28.3 Å². The van der Waals surface area contributed by atoms with Crippen molar-refractivity contribution in [3.63, 3.8) is 0 Å². The molecule has 45 heavy (non-hydrogen) atoms. The maximum Gasteiger partial charge on any atom is 0.226 e. The van der Waals surface area contributed by atoms with E-state index in [4.69, 9.17) is 38.6 Å². The van der Waals surface area contributed by atoms with Crippen molar-refractivity contribution in [3.05, 3.63) is 78.2 Å². The van der Waals surface area contributed by atoms with E-state index in [9.17, 15) is 0 Å².